The van der Waals surface area contributed by atoms with Gasteiger partial charge in [-0.15, -0.1) is 0 Å². The molecule has 0 saturated carbocycles. The Morgan fingerprint density at radius 3 is 2.53 bits per heavy atom. The summed E-state index contributed by atoms with van der Waals surface area (Å²) >= 11 is 0. The van der Waals surface area contributed by atoms with Gasteiger partial charge in [0, 0.05) is 18.2 Å². The molecule has 0 aromatic heterocycles. The molecule has 0 bridgehead atoms. The lowest BCUT2D eigenvalue weighted by Gasteiger charge is -2.04. The fourth-order valence-corrected chi connectivity index (χ4v) is 2.21. The van der Waals surface area contributed by atoms with Gasteiger partial charge in [0.05, 0.1) is 5.75 Å². The number of halogens is 1. The Morgan fingerprint density at radius 2 is 2.06 bits per heavy atom. The zero-order chi connectivity index (χ0) is 13.1. The lowest BCUT2D eigenvalue weighted by atomic mass is 10.1. The van der Waals surface area contributed by atoms with Crippen LogP contribution in [0.1, 0.15) is 17.5 Å². The molecule has 0 spiro atoms. The van der Waals surface area contributed by atoms with E-state index in [0.29, 0.717) is 12.0 Å². The summed E-state index contributed by atoms with van der Waals surface area (Å²) in [5, 5.41) is 0. The van der Waals surface area contributed by atoms with E-state index in [4.69, 9.17) is 5.73 Å². The first-order valence-corrected chi connectivity index (χ1v) is 7.07. The third kappa shape index (κ3) is 4.95. The van der Waals surface area contributed by atoms with Crippen molar-refractivity contribution < 1.29 is 17.6 Å². The summed E-state index contributed by atoms with van der Waals surface area (Å²) in [6, 6.07) is 4.27. The summed E-state index contributed by atoms with van der Waals surface area (Å²) in [5.74, 6) is -1.35. The number of amides is 1. The van der Waals surface area contributed by atoms with Crippen LogP contribution in [-0.4, -0.2) is 20.6 Å². The fraction of sp³-hybridized carbons (Fsp3) is 0.364. The standard InChI is InChI=1S/C11H14FNO3S/c1-17(15,16)7-9-4-2-8(6-10(9)12)3-5-11(13)14/h2,4,6H,3,5,7H2,1H3,(H2,13,14). The SMILES string of the molecule is CS(=O)(=O)Cc1ccc(CCC(N)=O)cc1F. The van der Waals surface area contributed by atoms with Crippen LogP contribution in [0.3, 0.4) is 0 Å². The largest absolute Gasteiger partial charge is 0.370 e. The van der Waals surface area contributed by atoms with Gasteiger partial charge in [0.15, 0.2) is 9.84 Å². The number of sulfone groups is 1. The van der Waals surface area contributed by atoms with Crippen LogP contribution in [-0.2, 0) is 26.8 Å². The second-order valence-electron chi connectivity index (χ2n) is 3.96. The number of rotatable bonds is 5. The average Bonchev–Trinajstić information content (AvgIpc) is 2.17. The quantitative estimate of drug-likeness (QED) is 0.849. The fourth-order valence-electron chi connectivity index (χ4n) is 1.41. The van der Waals surface area contributed by atoms with Crippen molar-refractivity contribution in [3.05, 3.63) is 35.1 Å². The molecule has 2 N–H and O–H groups in total. The molecule has 1 rings (SSSR count). The minimum Gasteiger partial charge on any atom is -0.370 e. The van der Waals surface area contributed by atoms with Crippen molar-refractivity contribution in [2.75, 3.05) is 6.26 Å². The maximum atomic E-state index is 13.5. The lowest BCUT2D eigenvalue weighted by Crippen LogP contribution is -2.11. The van der Waals surface area contributed by atoms with Crippen molar-refractivity contribution in [1.82, 2.24) is 0 Å². The summed E-state index contributed by atoms with van der Waals surface area (Å²) in [4.78, 5) is 10.6. The van der Waals surface area contributed by atoms with Gasteiger partial charge in [0.2, 0.25) is 5.91 Å². The number of aryl methyl sites for hydroxylation is 1. The van der Waals surface area contributed by atoms with E-state index in [-0.39, 0.29) is 17.7 Å². The van der Waals surface area contributed by atoms with E-state index in [2.05, 4.69) is 0 Å². The summed E-state index contributed by atoms with van der Waals surface area (Å²) < 4.78 is 35.6. The highest BCUT2D eigenvalue weighted by Crippen LogP contribution is 2.14. The molecule has 1 amide bonds. The Bertz CT molecular complexity index is 526. The van der Waals surface area contributed by atoms with Gasteiger partial charge >= 0.3 is 0 Å². The molecular formula is C11H14FNO3S. The van der Waals surface area contributed by atoms with Crippen LogP contribution < -0.4 is 5.73 Å². The van der Waals surface area contributed by atoms with Crippen molar-refractivity contribution in [2.24, 2.45) is 5.73 Å². The van der Waals surface area contributed by atoms with Crippen molar-refractivity contribution in [3.8, 4) is 0 Å². The van der Waals surface area contributed by atoms with Crippen molar-refractivity contribution >= 4 is 15.7 Å². The number of carbonyl (C=O) groups is 1. The van der Waals surface area contributed by atoms with Gasteiger partial charge in [0.25, 0.3) is 0 Å². The molecule has 0 radical (unpaired) electrons. The number of nitrogens with two attached hydrogens (primary N) is 1. The van der Waals surface area contributed by atoms with Crippen LogP contribution in [0.15, 0.2) is 18.2 Å². The zero-order valence-corrected chi connectivity index (χ0v) is 10.3. The third-order valence-corrected chi connectivity index (χ3v) is 3.03. The maximum absolute atomic E-state index is 13.5. The molecule has 6 heteroatoms. The molecule has 94 valence electrons. The van der Waals surface area contributed by atoms with Crippen LogP contribution >= 0.6 is 0 Å². The number of benzene rings is 1. The molecule has 0 aliphatic rings. The smallest absolute Gasteiger partial charge is 0.217 e. The van der Waals surface area contributed by atoms with Gasteiger partial charge in [0.1, 0.15) is 5.82 Å². The monoisotopic (exact) mass is 259 g/mol. The van der Waals surface area contributed by atoms with Gasteiger partial charge in [-0.3, -0.25) is 4.79 Å². The third-order valence-electron chi connectivity index (χ3n) is 2.20. The molecule has 0 saturated heterocycles. The van der Waals surface area contributed by atoms with E-state index in [1.54, 1.807) is 6.07 Å². The van der Waals surface area contributed by atoms with Crippen LogP contribution in [0.5, 0.6) is 0 Å². The first-order valence-electron chi connectivity index (χ1n) is 5.01. The lowest BCUT2D eigenvalue weighted by molar-refractivity contribution is -0.117. The highest BCUT2D eigenvalue weighted by atomic mass is 32.2. The molecule has 17 heavy (non-hydrogen) atoms. The number of primary amides is 1. The topological polar surface area (TPSA) is 77.2 Å². The Balaban J connectivity index is 2.83. The minimum absolute atomic E-state index is 0.135. The molecule has 1 aromatic carbocycles. The molecule has 0 heterocycles. The zero-order valence-electron chi connectivity index (χ0n) is 9.44. The number of hydrogen-bond acceptors (Lipinski definition) is 3. The maximum Gasteiger partial charge on any atom is 0.217 e. The predicted octanol–water partition coefficient (Wildman–Crippen LogP) is 0.788. The van der Waals surface area contributed by atoms with E-state index in [1.165, 1.54) is 12.1 Å². The Kier molecular flexibility index (Phi) is 4.22. The number of carbonyl (C=O) groups excluding carboxylic acids is 1. The first-order chi connectivity index (χ1) is 7.78. The van der Waals surface area contributed by atoms with E-state index in [0.717, 1.165) is 6.26 Å². The first kappa shape index (κ1) is 13.6. The van der Waals surface area contributed by atoms with E-state index < -0.39 is 21.6 Å². The highest BCUT2D eigenvalue weighted by Gasteiger charge is 2.10. The molecular weight excluding hydrogens is 245 g/mol. The van der Waals surface area contributed by atoms with Gasteiger partial charge in [-0.25, -0.2) is 12.8 Å². The summed E-state index contributed by atoms with van der Waals surface area (Å²) in [7, 11) is -3.25. The Morgan fingerprint density at radius 1 is 1.41 bits per heavy atom. The van der Waals surface area contributed by atoms with Gasteiger partial charge < -0.3 is 5.73 Å². The van der Waals surface area contributed by atoms with Crippen LogP contribution in [0.25, 0.3) is 0 Å². The number of hydrogen-bond donors (Lipinski definition) is 1. The second kappa shape index (κ2) is 5.27. The average molecular weight is 259 g/mol. The van der Waals surface area contributed by atoms with Gasteiger partial charge in [-0.05, 0) is 18.1 Å². The van der Waals surface area contributed by atoms with E-state index in [9.17, 15) is 17.6 Å². The van der Waals surface area contributed by atoms with Gasteiger partial charge in [-0.1, -0.05) is 12.1 Å². The Labute approximate surface area is 99.5 Å². The minimum atomic E-state index is -3.25. The van der Waals surface area contributed by atoms with E-state index in [1.807, 2.05) is 0 Å². The van der Waals surface area contributed by atoms with Crippen LogP contribution in [0.4, 0.5) is 4.39 Å². The predicted molar refractivity (Wildman–Crippen MR) is 62.5 cm³/mol. The summed E-state index contributed by atoms with van der Waals surface area (Å²) in [5.41, 5.74) is 5.74. The molecule has 1 aromatic rings. The van der Waals surface area contributed by atoms with Gasteiger partial charge in [-0.2, -0.15) is 0 Å². The van der Waals surface area contributed by atoms with Crippen LogP contribution in [0, 0.1) is 5.82 Å². The molecule has 0 aliphatic heterocycles. The van der Waals surface area contributed by atoms with Crippen molar-refractivity contribution in [2.45, 2.75) is 18.6 Å². The molecule has 0 atom stereocenters. The van der Waals surface area contributed by atoms with Crippen molar-refractivity contribution in [1.29, 1.82) is 0 Å². The molecule has 0 aliphatic carbocycles. The highest BCUT2D eigenvalue weighted by molar-refractivity contribution is 7.89. The molecule has 0 fully saturated rings. The van der Waals surface area contributed by atoms with Crippen LogP contribution in [0.2, 0.25) is 0 Å². The summed E-state index contributed by atoms with van der Waals surface area (Å²) in [6.07, 6.45) is 1.55. The molecule has 4 nitrogen and oxygen atoms in total. The van der Waals surface area contributed by atoms with E-state index >= 15 is 0 Å². The summed E-state index contributed by atoms with van der Waals surface area (Å²) in [6.45, 7) is 0. The van der Waals surface area contributed by atoms with Crippen molar-refractivity contribution in [3.63, 3.8) is 0 Å². The Hall–Kier alpha value is -1.43. The second-order valence-corrected chi connectivity index (χ2v) is 6.10. The normalized spacial score (nSPS) is 11.4. The molecule has 0 unspecified atom stereocenters.